The Labute approximate surface area is 185 Å². The summed E-state index contributed by atoms with van der Waals surface area (Å²) in [7, 11) is 2.99. The highest BCUT2D eigenvalue weighted by Crippen LogP contribution is 2.25. The first-order chi connectivity index (χ1) is 14.9. The topological polar surface area (TPSA) is 104 Å². The first-order valence-corrected chi connectivity index (χ1v) is 10.1. The number of rotatable bonds is 9. The van der Waals surface area contributed by atoms with Gasteiger partial charge in [-0.15, -0.1) is 0 Å². The van der Waals surface area contributed by atoms with Gasteiger partial charge in [0, 0.05) is 50.4 Å². The molecule has 0 aliphatic rings. The van der Waals surface area contributed by atoms with Gasteiger partial charge in [-0.25, -0.2) is 24.7 Å². The van der Waals surface area contributed by atoms with Gasteiger partial charge in [-0.2, -0.15) is 0 Å². The molecule has 0 bridgehead atoms. The maximum Gasteiger partial charge on any atom is 0.354 e. The van der Waals surface area contributed by atoms with Crippen LogP contribution in [0.2, 0.25) is 5.28 Å². The number of hydrogen-bond donors (Lipinski definition) is 1. The molecule has 0 aromatic carbocycles. The zero-order valence-corrected chi connectivity index (χ0v) is 18.7. The maximum absolute atomic E-state index is 12.4. The molecule has 10 heteroatoms. The summed E-state index contributed by atoms with van der Waals surface area (Å²) in [5.41, 5.74) is 3.55. The molecule has 0 saturated carbocycles. The van der Waals surface area contributed by atoms with E-state index in [1.165, 1.54) is 7.11 Å². The molecule has 1 atom stereocenters. The third-order valence-corrected chi connectivity index (χ3v) is 4.88. The van der Waals surface area contributed by atoms with Crippen molar-refractivity contribution in [1.29, 1.82) is 0 Å². The molecule has 0 radical (unpaired) electrons. The summed E-state index contributed by atoms with van der Waals surface area (Å²) in [4.78, 5) is 29.3. The fraction of sp³-hybridized carbons (Fsp3) is 0.381. The number of halogens is 1. The van der Waals surface area contributed by atoms with Crippen LogP contribution in [0.25, 0.3) is 11.3 Å². The minimum Gasteiger partial charge on any atom is -0.464 e. The number of carbonyl (C=O) groups excluding carboxylic acids is 1. The summed E-state index contributed by atoms with van der Waals surface area (Å²) < 4.78 is 12.2. The van der Waals surface area contributed by atoms with Crippen LogP contribution in [0, 0.1) is 13.8 Å². The predicted molar refractivity (Wildman–Crippen MR) is 116 cm³/mol. The van der Waals surface area contributed by atoms with Crippen molar-refractivity contribution in [3.63, 3.8) is 0 Å². The van der Waals surface area contributed by atoms with Gasteiger partial charge in [-0.05, 0) is 43.1 Å². The molecule has 0 amide bonds. The van der Waals surface area contributed by atoms with Crippen molar-refractivity contribution < 1.29 is 14.3 Å². The van der Waals surface area contributed by atoms with Crippen molar-refractivity contribution in [2.75, 3.05) is 20.8 Å². The SMILES string of the molecule is COCC(Cn1cc(-c2nc(Cl)ncc2C)cc1C(=O)OC)NCc1ccnc(C)n1. The van der Waals surface area contributed by atoms with Crippen LogP contribution in [-0.2, 0) is 22.6 Å². The van der Waals surface area contributed by atoms with Gasteiger partial charge in [0.15, 0.2) is 0 Å². The van der Waals surface area contributed by atoms with Crippen molar-refractivity contribution in [1.82, 2.24) is 29.8 Å². The Bertz CT molecular complexity index is 1060. The van der Waals surface area contributed by atoms with E-state index in [2.05, 4.69) is 25.3 Å². The van der Waals surface area contributed by atoms with E-state index in [1.807, 2.05) is 30.7 Å². The van der Waals surface area contributed by atoms with Crippen molar-refractivity contribution in [3.05, 3.63) is 58.8 Å². The number of aryl methyl sites for hydroxylation is 2. The Morgan fingerprint density at radius 2 is 2.06 bits per heavy atom. The van der Waals surface area contributed by atoms with Crippen LogP contribution >= 0.6 is 11.6 Å². The molecule has 0 aliphatic heterocycles. The van der Waals surface area contributed by atoms with E-state index >= 15 is 0 Å². The van der Waals surface area contributed by atoms with E-state index < -0.39 is 5.97 Å². The van der Waals surface area contributed by atoms with Crippen molar-refractivity contribution in [2.45, 2.75) is 33.0 Å². The van der Waals surface area contributed by atoms with Gasteiger partial charge in [0.25, 0.3) is 0 Å². The number of ether oxygens (including phenoxy) is 2. The Morgan fingerprint density at radius 3 is 2.77 bits per heavy atom. The smallest absolute Gasteiger partial charge is 0.354 e. The summed E-state index contributed by atoms with van der Waals surface area (Å²) in [6, 6.07) is 3.52. The molecule has 164 valence electrons. The lowest BCUT2D eigenvalue weighted by Gasteiger charge is -2.20. The minimum atomic E-state index is -0.438. The number of esters is 1. The minimum absolute atomic E-state index is 0.0842. The summed E-state index contributed by atoms with van der Waals surface area (Å²) in [6.07, 6.45) is 5.24. The summed E-state index contributed by atoms with van der Waals surface area (Å²) >= 11 is 5.98. The average Bonchev–Trinajstić information content (AvgIpc) is 3.17. The lowest BCUT2D eigenvalue weighted by molar-refractivity contribution is 0.0586. The maximum atomic E-state index is 12.4. The molecule has 3 rings (SSSR count). The van der Waals surface area contributed by atoms with E-state index in [0.717, 1.165) is 16.8 Å². The molecule has 1 unspecified atom stereocenters. The summed E-state index contributed by atoms with van der Waals surface area (Å²) in [5, 5.41) is 3.58. The number of hydrogen-bond acceptors (Lipinski definition) is 8. The predicted octanol–water partition coefficient (Wildman–Crippen LogP) is 2.60. The Hall–Kier alpha value is -2.88. The second-order valence-corrected chi connectivity index (χ2v) is 7.40. The van der Waals surface area contributed by atoms with E-state index in [1.54, 1.807) is 25.6 Å². The van der Waals surface area contributed by atoms with Crippen molar-refractivity contribution in [3.8, 4) is 11.3 Å². The first kappa shape index (κ1) is 22.8. The highest BCUT2D eigenvalue weighted by atomic mass is 35.5. The van der Waals surface area contributed by atoms with Gasteiger partial charge in [0.05, 0.1) is 25.1 Å². The molecule has 3 heterocycles. The zero-order chi connectivity index (χ0) is 22.4. The third-order valence-electron chi connectivity index (χ3n) is 4.70. The molecule has 0 fully saturated rings. The lowest BCUT2D eigenvalue weighted by atomic mass is 10.1. The number of aromatic nitrogens is 5. The average molecular weight is 445 g/mol. The van der Waals surface area contributed by atoms with Crippen LogP contribution in [0.15, 0.2) is 30.7 Å². The molecule has 9 nitrogen and oxygen atoms in total. The van der Waals surface area contributed by atoms with Crippen LogP contribution in [-0.4, -0.2) is 57.3 Å². The van der Waals surface area contributed by atoms with Gasteiger partial charge >= 0.3 is 5.97 Å². The highest BCUT2D eigenvalue weighted by molar-refractivity contribution is 6.28. The van der Waals surface area contributed by atoms with Crippen molar-refractivity contribution >= 4 is 17.6 Å². The first-order valence-electron chi connectivity index (χ1n) is 9.70. The summed E-state index contributed by atoms with van der Waals surface area (Å²) in [5.74, 6) is 0.274. The molecule has 0 spiro atoms. The van der Waals surface area contributed by atoms with Crippen LogP contribution in [0.1, 0.15) is 27.6 Å². The Morgan fingerprint density at radius 1 is 1.26 bits per heavy atom. The number of carbonyl (C=O) groups is 1. The highest BCUT2D eigenvalue weighted by Gasteiger charge is 2.20. The number of methoxy groups -OCH3 is 2. The number of nitrogens with zero attached hydrogens (tertiary/aromatic N) is 5. The molecule has 1 N–H and O–H groups in total. The fourth-order valence-electron chi connectivity index (χ4n) is 3.25. The van der Waals surface area contributed by atoms with Gasteiger partial charge in [0.2, 0.25) is 5.28 Å². The van der Waals surface area contributed by atoms with Gasteiger partial charge in [-0.1, -0.05) is 0 Å². The zero-order valence-electron chi connectivity index (χ0n) is 17.9. The quantitative estimate of drug-likeness (QED) is 0.396. The molecule has 31 heavy (non-hydrogen) atoms. The van der Waals surface area contributed by atoms with Gasteiger partial charge in [0.1, 0.15) is 11.5 Å². The monoisotopic (exact) mass is 444 g/mol. The molecular weight excluding hydrogens is 420 g/mol. The molecule has 3 aromatic heterocycles. The van der Waals surface area contributed by atoms with Gasteiger partial charge in [-0.3, -0.25) is 0 Å². The Kier molecular flexibility index (Phi) is 7.67. The van der Waals surface area contributed by atoms with Crippen LogP contribution < -0.4 is 5.32 Å². The fourth-order valence-corrected chi connectivity index (χ4v) is 3.38. The molecule has 0 aliphatic carbocycles. The van der Waals surface area contributed by atoms with Crippen molar-refractivity contribution in [2.24, 2.45) is 0 Å². The van der Waals surface area contributed by atoms with Crippen LogP contribution in [0.3, 0.4) is 0 Å². The molecular formula is C21H25ClN6O3. The van der Waals surface area contributed by atoms with E-state index in [0.29, 0.717) is 36.9 Å². The number of nitrogens with one attached hydrogen (secondary N) is 1. The van der Waals surface area contributed by atoms with E-state index in [-0.39, 0.29) is 11.3 Å². The lowest BCUT2D eigenvalue weighted by Crippen LogP contribution is -2.37. The van der Waals surface area contributed by atoms with E-state index in [9.17, 15) is 4.79 Å². The molecule has 0 saturated heterocycles. The van der Waals surface area contributed by atoms with Crippen LogP contribution in [0.5, 0.6) is 0 Å². The molecule has 3 aromatic rings. The summed E-state index contributed by atoms with van der Waals surface area (Å²) in [6.45, 7) is 5.19. The largest absolute Gasteiger partial charge is 0.464 e. The third kappa shape index (κ3) is 5.84. The normalized spacial score (nSPS) is 12.0. The second kappa shape index (κ2) is 10.4. The second-order valence-electron chi connectivity index (χ2n) is 7.06. The van der Waals surface area contributed by atoms with Crippen LogP contribution in [0.4, 0.5) is 0 Å². The Balaban J connectivity index is 1.86. The van der Waals surface area contributed by atoms with Gasteiger partial charge < -0.3 is 19.4 Å². The van der Waals surface area contributed by atoms with E-state index in [4.69, 9.17) is 21.1 Å². The standard InChI is InChI=1S/C21H25ClN6O3/c1-13-8-25-21(22)27-19(13)15-7-18(20(29)31-4)28(10-15)11-17(12-30-3)24-9-16-5-6-23-14(2)26-16/h5-8,10,17,24H,9,11-12H2,1-4H3.